The van der Waals surface area contributed by atoms with Gasteiger partial charge in [-0.25, -0.2) is 4.79 Å². The highest BCUT2D eigenvalue weighted by atomic mass is 35.5. The number of anilines is 2. The molecule has 0 amide bonds. The average molecular weight is 367 g/mol. The van der Waals surface area contributed by atoms with E-state index in [1.807, 2.05) is 19.1 Å². The molecule has 128 valence electrons. The van der Waals surface area contributed by atoms with Crippen molar-refractivity contribution >= 4 is 46.3 Å². The molecule has 24 heavy (non-hydrogen) atoms. The van der Waals surface area contributed by atoms with Crippen molar-refractivity contribution < 1.29 is 9.53 Å². The number of nitrogens with zero attached hydrogens (tertiary/aromatic N) is 2. The highest BCUT2D eigenvalue weighted by Gasteiger charge is 2.20. The Balaban J connectivity index is 2.14. The SMILES string of the molecule is CCn1cc(NC(=S)Nc2cccc(Cl)c2)c(C(=O)OC(C)C)n1. The number of thiocarbonyl (C=S) groups is 1. The molecule has 8 heteroatoms. The van der Waals surface area contributed by atoms with Crippen LogP contribution in [-0.4, -0.2) is 27.0 Å². The van der Waals surface area contributed by atoms with Crippen LogP contribution in [0.25, 0.3) is 0 Å². The number of hydrogen-bond donors (Lipinski definition) is 2. The quantitative estimate of drug-likeness (QED) is 0.617. The molecule has 1 aromatic heterocycles. The van der Waals surface area contributed by atoms with Crippen molar-refractivity contribution in [3.63, 3.8) is 0 Å². The summed E-state index contributed by atoms with van der Waals surface area (Å²) < 4.78 is 6.85. The monoisotopic (exact) mass is 366 g/mol. The van der Waals surface area contributed by atoms with Gasteiger partial charge in [-0.1, -0.05) is 17.7 Å². The lowest BCUT2D eigenvalue weighted by atomic mass is 10.3. The summed E-state index contributed by atoms with van der Waals surface area (Å²) in [6.45, 7) is 6.12. The van der Waals surface area contributed by atoms with Gasteiger partial charge in [0, 0.05) is 23.5 Å². The summed E-state index contributed by atoms with van der Waals surface area (Å²) >= 11 is 11.2. The number of carbonyl (C=O) groups is 1. The fraction of sp³-hybridized carbons (Fsp3) is 0.312. The topological polar surface area (TPSA) is 68.2 Å². The first-order chi connectivity index (χ1) is 11.4. The molecule has 6 nitrogen and oxygen atoms in total. The van der Waals surface area contributed by atoms with Gasteiger partial charge in [-0.2, -0.15) is 5.10 Å². The van der Waals surface area contributed by atoms with E-state index in [1.165, 1.54) is 0 Å². The Morgan fingerprint density at radius 2 is 2.17 bits per heavy atom. The molecule has 2 aromatic rings. The summed E-state index contributed by atoms with van der Waals surface area (Å²) in [5, 5.41) is 11.1. The summed E-state index contributed by atoms with van der Waals surface area (Å²) in [6.07, 6.45) is 1.48. The maximum atomic E-state index is 12.2. The molecule has 0 saturated carbocycles. The first-order valence-electron chi connectivity index (χ1n) is 7.51. The number of benzene rings is 1. The van der Waals surface area contributed by atoms with Gasteiger partial charge in [-0.05, 0) is 51.2 Å². The Kier molecular flexibility index (Phi) is 6.16. The number of hydrogen-bond acceptors (Lipinski definition) is 4. The molecule has 1 heterocycles. The zero-order valence-electron chi connectivity index (χ0n) is 13.7. The molecule has 2 rings (SSSR count). The summed E-state index contributed by atoms with van der Waals surface area (Å²) in [7, 11) is 0. The van der Waals surface area contributed by atoms with Crippen LogP contribution in [0.3, 0.4) is 0 Å². The van der Waals surface area contributed by atoms with Gasteiger partial charge in [0.15, 0.2) is 10.8 Å². The zero-order chi connectivity index (χ0) is 17.7. The Morgan fingerprint density at radius 1 is 1.42 bits per heavy atom. The van der Waals surface area contributed by atoms with Gasteiger partial charge < -0.3 is 15.4 Å². The van der Waals surface area contributed by atoms with Gasteiger partial charge in [0.1, 0.15) is 0 Å². The molecule has 1 aromatic carbocycles. The average Bonchev–Trinajstić information content (AvgIpc) is 2.89. The molecule has 0 fully saturated rings. The van der Waals surface area contributed by atoms with Crippen molar-refractivity contribution in [2.75, 3.05) is 10.6 Å². The molecule has 0 radical (unpaired) electrons. The largest absolute Gasteiger partial charge is 0.458 e. The third-order valence-electron chi connectivity index (χ3n) is 2.95. The van der Waals surface area contributed by atoms with Crippen LogP contribution in [0.5, 0.6) is 0 Å². The smallest absolute Gasteiger partial charge is 0.361 e. The van der Waals surface area contributed by atoms with Gasteiger partial charge in [-0.15, -0.1) is 0 Å². The van der Waals surface area contributed by atoms with Crippen LogP contribution >= 0.6 is 23.8 Å². The van der Waals surface area contributed by atoms with Crippen molar-refractivity contribution in [1.29, 1.82) is 0 Å². The molecule has 0 aliphatic heterocycles. The van der Waals surface area contributed by atoms with Crippen LogP contribution in [0.4, 0.5) is 11.4 Å². The van der Waals surface area contributed by atoms with Crippen molar-refractivity contribution in [3.05, 3.63) is 41.2 Å². The molecule has 0 unspecified atom stereocenters. The van der Waals surface area contributed by atoms with Crippen LogP contribution in [0.15, 0.2) is 30.5 Å². The minimum absolute atomic E-state index is 0.195. The number of nitrogens with one attached hydrogen (secondary N) is 2. The lowest BCUT2D eigenvalue weighted by Crippen LogP contribution is -2.21. The van der Waals surface area contributed by atoms with Crippen molar-refractivity contribution in [1.82, 2.24) is 9.78 Å². The second-order valence-electron chi connectivity index (χ2n) is 5.29. The highest BCUT2D eigenvalue weighted by molar-refractivity contribution is 7.80. The van der Waals surface area contributed by atoms with E-state index in [-0.39, 0.29) is 11.8 Å². The fourth-order valence-corrected chi connectivity index (χ4v) is 2.36. The van der Waals surface area contributed by atoms with Gasteiger partial charge >= 0.3 is 5.97 Å². The summed E-state index contributed by atoms with van der Waals surface area (Å²) in [6, 6.07) is 7.17. The fourth-order valence-electron chi connectivity index (χ4n) is 1.95. The summed E-state index contributed by atoms with van der Waals surface area (Å²) in [5.41, 5.74) is 1.43. The number of halogens is 1. The first kappa shape index (κ1) is 18.2. The molecule has 0 aliphatic carbocycles. The van der Waals surface area contributed by atoms with E-state index in [0.29, 0.717) is 22.4 Å². The summed E-state index contributed by atoms with van der Waals surface area (Å²) in [4.78, 5) is 12.2. The summed E-state index contributed by atoms with van der Waals surface area (Å²) in [5.74, 6) is -0.495. The van der Waals surface area contributed by atoms with Gasteiger partial charge in [-0.3, -0.25) is 4.68 Å². The number of aryl methyl sites for hydroxylation is 1. The van der Waals surface area contributed by atoms with Crippen LogP contribution in [0, 0.1) is 0 Å². The Bertz CT molecular complexity index is 745. The highest BCUT2D eigenvalue weighted by Crippen LogP contribution is 2.18. The van der Waals surface area contributed by atoms with Crippen molar-refractivity contribution in [3.8, 4) is 0 Å². The normalized spacial score (nSPS) is 10.5. The molecule has 0 atom stereocenters. The lowest BCUT2D eigenvalue weighted by molar-refractivity contribution is 0.0371. The minimum atomic E-state index is -0.495. The van der Waals surface area contributed by atoms with Crippen molar-refractivity contribution in [2.45, 2.75) is 33.4 Å². The molecule has 0 spiro atoms. The van der Waals surface area contributed by atoms with Gasteiger partial charge in [0.25, 0.3) is 0 Å². The lowest BCUT2D eigenvalue weighted by Gasteiger charge is -2.11. The number of carbonyl (C=O) groups excluding carboxylic acids is 1. The molecular formula is C16H19ClN4O2S. The number of esters is 1. The number of aromatic nitrogens is 2. The minimum Gasteiger partial charge on any atom is -0.458 e. The molecular weight excluding hydrogens is 348 g/mol. The number of ether oxygens (including phenoxy) is 1. The van der Waals surface area contributed by atoms with Crippen LogP contribution in [-0.2, 0) is 11.3 Å². The second kappa shape index (κ2) is 8.12. The first-order valence-corrected chi connectivity index (χ1v) is 8.29. The predicted molar refractivity (Wildman–Crippen MR) is 99.7 cm³/mol. The number of rotatable bonds is 5. The van der Waals surface area contributed by atoms with E-state index < -0.39 is 5.97 Å². The molecule has 0 saturated heterocycles. The standard InChI is InChI=1S/C16H19ClN4O2S/c1-4-21-9-13(14(20-21)15(22)23-10(2)3)19-16(24)18-12-7-5-6-11(17)8-12/h5-10H,4H2,1-3H3,(H2,18,19,24). The third kappa shape index (κ3) is 4.94. The van der Waals surface area contributed by atoms with E-state index in [4.69, 9.17) is 28.6 Å². The Hall–Kier alpha value is -2.12. The van der Waals surface area contributed by atoms with Crippen LogP contribution in [0.1, 0.15) is 31.3 Å². The van der Waals surface area contributed by atoms with E-state index in [9.17, 15) is 4.79 Å². The molecule has 0 bridgehead atoms. The molecule has 2 N–H and O–H groups in total. The van der Waals surface area contributed by atoms with E-state index >= 15 is 0 Å². The molecule has 0 aliphatic rings. The predicted octanol–water partition coefficient (Wildman–Crippen LogP) is 3.93. The van der Waals surface area contributed by atoms with E-state index in [0.717, 1.165) is 5.69 Å². The van der Waals surface area contributed by atoms with Gasteiger partial charge in [0.05, 0.1) is 11.8 Å². The maximum absolute atomic E-state index is 12.2. The van der Waals surface area contributed by atoms with Crippen LogP contribution < -0.4 is 10.6 Å². The second-order valence-corrected chi connectivity index (χ2v) is 6.14. The Labute approximate surface area is 151 Å². The van der Waals surface area contributed by atoms with Crippen LogP contribution in [0.2, 0.25) is 5.02 Å². The van der Waals surface area contributed by atoms with Gasteiger partial charge in [0.2, 0.25) is 0 Å². The zero-order valence-corrected chi connectivity index (χ0v) is 15.2. The Morgan fingerprint density at radius 3 is 2.79 bits per heavy atom. The third-order valence-corrected chi connectivity index (χ3v) is 3.39. The van der Waals surface area contributed by atoms with E-state index in [1.54, 1.807) is 36.9 Å². The maximum Gasteiger partial charge on any atom is 0.361 e. The van der Waals surface area contributed by atoms with Crippen molar-refractivity contribution in [2.24, 2.45) is 0 Å². The van der Waals surface area contributed by atoms with E-state index in [2.05, 4.69) is 15.7 Å².